The number of thiazole rings is 1. The van der Waals surface area contributed by atoms with Gasteiger partial charge in [-0.05, 0) is 31.2 Å². The summed E-state index contributed by atoms with van der Waals surface area (Å²) in [7, 11) is 1.94. The van der Waals surface area contributed by atoms with Crippen LogP contribution in [0.1, 0.15) is 22.2 Å². The van der Waals surface area contributed by atoms with Crippen molar-refractivity contribution in [2.75, 3.05) is 7.05 Å². The maximum Gasteiger partial charge on any atom is 0.114 e. The van der Waals surface area contributed by atoms with Crippen molar-refractivity contribution < 1.29 is 0 Å². The minimum Gasteiger partial charge on any atom is -0.307 e. The van der Waals surface area contributed by atoms with E-state index in [4.69, 9.17) is 0 Å². The molecule has 0 radical (unpaired) electrons. The number of pyridine rings is 1. The molecule has 2 heterocycles. The van der Waals surface area contributed by atoms with E-state index in [1.165, 1.54) is 11.1 Å². The van der Waals surface area contributed by atoms with Gasteiger partial charge in [0.15, 0.2) is 0 Å². The molecular formula is C11H13N3S. The summed E-state index contributed by atoms with van der Waals surface area (Å²) in [5.41, 5.74) is 2.43. The topological polar surface area (TPSA) is 37.8 Å². The summed E-state index contributed by atoms with van der Waals surface area (Å²) in [6.07, 6.45) is 5.54. The van der Waals surface area contributed by atoms with E-state index in [-0.39, 0.29) is 6.04 Å². The Morgan fingerprint density at radius 3 is 2.87 bits per heavy atom. The van der Waals surface area contributed by atoms with Crippen LogP contribution in [0.15, 0.2) is 30.0 Å². The lowest BCUT2D eigenvalue weighted by Crippen LogP contribution is -2.18. The van der Waals surface area contributed by atoms with Crippen LogP contribution in [-0.4, -0.2) is 17.0 Å². The minimum atomic E-state index is 0.152. The lowest BCUT2D eigenvalue weighted by atomic mass is 10.1. The highest BCUT2D eigenvalue weighted by atomic mass is 32.1. The molecular weight excluding hydrogens is 206 g/mol. The van der Waals surface area contributed by atoms with Gasteiger partial charge in [-0.3, -0.25) is 4.98 Å². The van der Waals surface area contributed by atoms with E-state index in [0.717, 1.165) is 5.01 Å². The van der Waals surface area contributed by atoms with Crippen molar-refractivity contribution in [3.05, 3.63) is 46.2 Å². The van der Waals surface area contributed by atoms with E-state index >= 15 is 0 Å². The molecule has 15 heavy (non-hydrogen) atoms. The van der Waals surface area contributed by atoms with Crippen LogP contribution in [0, 0.1) is 6.92 Å². The number of nitrogens with zero attached hydrogens (tertiary/aromatic N) is 2. The summed E-state index contributed by atoms with van der Waals surface area (Å²) in [5.74, 6) is 0. The molecule has 0 saturated carbocycles. The number of rotatable bonds is 3. The van der Waals surface area contributed by atoms with Gasteiger partial charge in [0.1, 0.15) is 5.01 Å². The normalized spacial score (nSPS) is 12.7. The van der Waals surface area contributed by atoms with Crippen molar-refractivity contribution in [2.45, 2.75) is 13.0 Å². The molecule has 2 aromatic heterocycles. The first kappa shape index (κ1) is 10.3. The molecule has 1 unspecified atom stereocenters. The van der Waals surface area contributed by atoms with Crippen molar-refractivity contribution in [3.8, 4) is 0 Å². The predicted octanol–water partition coefficient (Wildman–Crippen LogP) is 2.16. The average molecular weight is 219 g/mol. The van der Waals surface area contributed by atoms with Crippen molar-refractivity contribution in [3.63, 3.8) is 0 Å². The van der Waals surface area contributed by atoms with Gasteiger partial charge >= 0.3 is 0 Å². The molecule has 0 bridgehead atoms. The fraction of sp³-hybridized carbons (Fsp3) is 0.273. The number of hydrogen-bond donors (Lipinski definition) is 1. The fourth-order valence-electron chi connectivity index (χ4n) is 1.57. The first-order valence-corrected chi connectivity index (χ1v) is 5.68. The van der Waals surface area contributed by atoms with E-state index in [1.54, 1.807) is 11.3 Å². The average Bonchev–Trinajstić information content (AvgIpc) is 2.75. The SMILES string of the molecule is CNC(c1nccs1)c1cnccc1C. The Hall–Kier alpha value is -1.26. The molecule has 4 heteroatoms. The van der Waals surface area contributed by atoms with E-state index < -0.39 is 0 Å². The molecule has 0 aliphatic heterocycles. The Morgan fingerprint density at radius 1 is 1.40 bits per heavy atom. The van der Waals surface area contributed by atoms with Crippen LogP contribution in [0.4, 0.5) is 0 Å². The maximum atomic E-state index is 4.33. The van der Waals surface area contributed by atoms with Crippen LogP contribution < -0.4 is 5.32 Å². The summed E-state index contributed by atoms with van der Waals surface area (Å²) >= 11 is 1.66. The molecule has 2 rings (SSSR count). The third kappa shape index (κ3) is 2.06. The zero-order valence-corrected chi connectivity index (χ0v) is 9.58. The zero-order chi connectivity index (χ0) is 10.7. The summed E-state index contributed by atoms with van der Waals surface area (Å²) in [6, 6.07) is 2.17. The number of aryl methyl sites for hydroxylation is 1. The Bertz CT molecular complexity index is 425. The van der Waals surface area contributed by atoms with Crippen LogP contribution in [0.5, 0.6) is 0 Å². The van der Waals surface area contributed by atoms with Crippen LogP contribution >= 0.6 is 11.3 Å². The summed E-state index contributed by atoms with van der Waals surface area (Å²) < 4.78 is 0. The lowest BCUT2D eigenvalue weighted by molar-refractivity contribution is 0.679. The molecule has 1 N–H and O–H groups in total. The second-order valence-corrected chi connectivity index (χ2v) is 4.25. The van der Waals surface area contributed by atoms with Gasteiger partial charge < -0.3 is 5.32 Å². The van der Waals surface area contributed by atoms with Crippen LogP contribution in [0.25, 0.3) is 0 Å². The highest BCUT2D eigenvalue weighted by molar-refractivity contribution is 7.09. The molecule has 3 nitrogen and oxygen atoms in total. The Balaban J connectivity index is 2.40. The third-order valence-corrected chi connectivity index (χ3v) is 3.22. The highest BCUT2D eigenvalue weighted by Crippen LogP contribution is 2.24. The second-order valence-electron chi connectivity index (χ2n) is 3.32. The van der Waals surface area contributed by atoms with Crippen molar-refractivity contribution in [1.29, 1.82) is 0 Å². The Morgan fingerprint density at radius 2 is 2.27 bits per heavy atom. The molecule has 0 aromatic carbocycles. The molecule has 0 amide bonds. The Labute approximate surface area is 93.2 Å². The first-order valence-electron chi connectivity index (χ1n) is 4.80. The fourth-order valence-corrected chi connectivity index (χ4v) is 2.33. The first-order chi connectivity index (χ1) is 7.33. The predicted molar refractivity (Wildman–Crippen MR) is 62.0 cm³/mol. The largest absolute Gasteiger partial charge is 0.307 e. The van der Waals surface area contributed by atoms with Crippen molar-refractivity contribution in [1.82, 2.24) is 15.3 Å². The van der Waals surface area contributed by atoms with E-state index in [9.17, 15) is 0 Å². The minimum absolute atomic E-state index is 0.152. The van der Waals surface area contributed by atoms with Crippen LogP contribution in [0.2, 0.25) is 0 Å². The van der Waals surface area contributed by atoms with Gasteiger partial charge in [0.05, 0.1) is 6.04 Å². The second kappa shape index (κ2) is 4.51. The molecule has 78 valence electrons. The monoisotopic (exact) mass is 219 g/mol. The smallest absolute Gasteiger partial charge is 0.114 e. The van der Waals surface area contributed by atoms with Gasteiger partial charge in [0, 0.05) is 24.0 Å². The lowest BCUT2D eigenvalue weighted by Gasteiger charge is -2.15. The molecule has 0 aliphatic carbocycles. The van der Waals surface area contributed by atoms with Crippen molar-refractivity contribution in [2.24, 2.45) is 0 Å². The number of nitrogens with one attached hydrogen (secondary N) is 1. The quantitative estimate of drug-likeness (QED) is 0.859. The highest BCUT2D eigenvalue weighted by Gasteiger charge is 2.16. The summed E-state index contributed by atoms with van der Waals surface area (Å²) in [4.78, 5) is 8.49. The zero-order valence-electron chi connectivity index (χ0n) is 8.77. The van der Waals surface area contributed by atoms with E-state index in [1.807, 2.05) is 37.1 Å². The van der Waals surface area contributed by atoms with Gasteiger partial charge in [-0.25, -0.2) is 4.98 Å². The van der Waals surface area contributed by atoms with Gasteiger partial charge in [-0.15, -0.1) is 11.3 Å². The third-order valence-electron chi connectivity index (χ3n) is 2.38. The van der Waals surface area contributed by atoms with Gasteiger partial charge in [0.2, 0.25) is 0 Å². The molecule has 2 aromatic rings. The molecule has 1 atom stereocenters. The molecule has 0 spiro atoms. The summed E-state index contributed by atoms with van der Waals surface area (Å²) in [5, 5.41) is 6.34. The molecule has 0 aliphatic rings. The maximum absolute atomic E-state index is 4.33. The molecule has 0 saturated heterocycles. The van der Waals surface area contributed by atoms with Crippen LogP contribution in [0.3, 0.4) is 0 Å². The Kier molecular flexibility index (Phi) is 3.08. The van der Waals surface area contributed by atoms with Gasteiger partial charge in [-0.2, -0.15) is 0 Å². The van der Waals surface area contributed by atoms with Gasteiger partial charge in [-0.1, -0.05) is 0 Å². The summed E-state index contributed by atoms with van der Waals surface area (Å²) in [6.45, 7) is 2.09. The molecule has 0 fully saturated rings. The van der Waals surface area contributed by atoms with E-state index in [0.29, 0.717) is 0 Å². The standard InChI is InChI=1S/C11H13N3S/c1-8-3-4-13-7-9(8)10(12-2)11-14-5-6-15-11/h3-7,10,12H,1-2H3. The van der Waals surface area contributed by atoms with Crippen molar-refractivity contribution >= 4 is 11.3 Å². The van der Waals surface area contributed by atoms with Crippen LogP contribution in [-0.2, 0) is 0 Å². The van der Waals surface area contributed by atoms with Gasteiger partial charge in [0.25, 0.3) is 0 Å². The number of aromatic nitrogens is 2. The number of hydrogen-bond acceptors (Lipinski definition) is 4. The van der Waals surface area contributed by atoms with E-state index in [2.05, 4.69) is 22.2 Å².